The molecule has 1 aromatic heterocycles. The molecule has 150 valence electrons. The van der Waals surface area contributed by atoms with Gasteiger partial charge in [0.25, 0.3) is 11.8 Å². The number of hydrogen-bond donors (Lipinski definition) is 0. The highest BCUT2D eigenvalue weighted by Crippen LogP contribution is 2.30. The third-order valence-electron chi connectivity index (χ3n) is 5.21. The van der Waals surface area contributed by atoms with Crippen molar-refractivity contribution in [1.82, 2.24) is 14.8 Å². The molecule has 2 aliphatic rings. The van der Waals surface area contributed by atoms with Crippen LogP contribution in [-0.2, 0) is 17.7 Å². The van der Waals surface area contributed by atoms with Crippen LogP contribution in [0, 0.1) is 11.6 Å². The maximum absolute atomic E-state index is 14.3. The summed E-state index contributed by atoms with van der Waals surface area (Å²) in [4.78, 5) is 42.7. The second-order valence-corrected chi connectivity index (χ2v) is 6.94. The number of carbonyl (C=O) groups is 3. The summed E-state index contributed by atoms with van der Waals surface area (Å²) in [5.74, 6) is -4.65. The Labute approximate surface area is 168 Å². The van der Waals surface area contributed by atoms with Gasteiger partial charge in [-0.05, 0) is 43.5 Å². The first-order valence-corrected chi connectivity index (χ1v) is 9.22. The van der Waals surface area contributed by atoms with Crippen LogP contribution in [0.15, 0.2) is 42.5 Å². The number of aromatic nitrogens is 2. The zero-order chi connectivity index (χ0) is 21.0. The Bertz CT molecular complexity index is 1220. The molecule has 0 saturated carbocycles. The molecule has 1 aliphatic heterocycles. The molecule has 2 aromatic carbocycles. The molecule has 5 rings (SSSR count). The van der Waals surface area contributed by atoms with Gasteiger partial charge in [-0.15, -0.1) is 0 Å². The van der Waals surface area contributed by atoms with Gasteiger partial charge in [0.15, 0.2) is 17.3 Å². The highest BCUT2D eigenvalue weighted by molar-refractivity contribution is 6.21. The molecule has 2 heterocycles. The average molecular weight is 409 g/mol. The molecule has 2 amide bonds. The molecule has 3 aromatic rings. The monoisotopic (exact) mass is 409 g/mol. The van der Waals surface area contributed by atoms with Gasteiger partial charge in [-0.3, -0.25) is 9.59 Å². The van der Waals surface area contributed by atoms with Gasteiger partial charge in [-0.25, -0.2) is 18.3 Å². The van der Waals surface area contributed by atoms with Crippen molar-refractivity contribution in [2.75, 3.05) is 0 Å². The second kappa shape index (κ2) is 6.58. The number of hydroxylamine groups is 2. The van der Waals surface area contributed by atoms with Crippen LogP contribution in [0.1, 0.15) is 48.9 Å². The summed E-state index contributed by atoms with van der Waals surface area (Å²) in [6, 6.07) is 9.79. The van der Waals surface area contributed by atoms with Crippen LogP contribution in [-0.4, -0.2) is 32.6 Å². The first-order chi connectivity index (χ1) is 14.5. The number of nitrogens with zero attached hydrogens (tertiary/aromatic N) is 3. The number of halogens is 2. The Morgan fingerprint density at radius 3 is 2.37 bits per heavy atom. The van der Waals surface area contributed by atoms with Gasteiger partial charge in [-0.2, -0.15) is 5.10 Å². The Balaban J connectivity index is 1.50. The quantitative estimate of drug-likeness (QED) is 0.622. The number of fused-ring (bicyclic) bond motifs is 2. The minimum atomic E-state index is -1.09. The van der Waals surface area contributed by atoms with Crippen molar-refractivity contribution in [2.45, 2.75) is 19.3 Å². The molecule has 0 unspecified atom stereocenters. The van der Waals surface area contributed by atoms with Crippen LogP contribution in [0.3, 0.4) is 0 Å². The molecule has 30 heavy (non-hydrogen) atoms. The number of hydrogen-bond acceptors (Lipinski definition) is 5. The van der Waals surface area contributed by atoms with Crippen LogP contribution in [0.2, 0.25) is 0 Å². The zero-order valence-corrected chi connectivity index (χ0v) is 15.4. The molecule has 0 saturated heterocycles. The Morgan fingerprint density at radius 2 is 1.67 bits per heavy atom. The summed E-state index contributed by atoms with van der Waals surface area (Å²) in [5.41, 5.74) is 1.09. The number of rotatable bonds is 3. The van der Waals surface area contributed by atoms with Crippen molar-refractivity contribution in [2.24, 2.45) is 0 Å². The maximum Gasteiger partial charge on any atom is 0.384 e. The van der Waals surface area contributed by atoms with Gasteiger partial charge < -0.3 is 4.84 Å². The first-order valence-electron chi connectivity index (χ1n) is 9.22. The van der Waals surface area contributed by atoms with E-state index in [1.54, 1.807) is 12.1 Å². The molecule has 0 fully saturated rings. The Hall–Kier alpha value is -3.88. The molecule has 0 radical (unpaired) electrons. The zero-order valence-electron chi connectivity index (χ0n) is 15.4. The lowest BCUT2D eigenvalue weighted by atomic mass is 10.1. The van der Waals surface area contributed by atoms with Gasteiger partial charge in [0.2, 0.25) is 0 Å². The van der Waals surface area contributed by atoms with E-state index in [0.717, 1.165) is 6.07 Å². The second-order valence-electron chi connectivity index (χ2n) is 6.94. The fourth-order valence-corrected chi connectivity index (χ4v) is 3.83. The predicted octanol–water partition coefficient (Wildman–Crippen LogP) is 3.01. The minimum Gasteiger partial charge on any atom is -0.322 e. The van der Waals surface area contributed by atoms with Crippen molar-refractivity contribution >= 4 is 17.8 Å². The lowest BCUT2D eigenvalue weighted by Gasteiger charge is -2.12. The predicted molar refractivity (Wildman–Crippen MR) is 97.9 cm³/mol. The van der Waals surface area contributed by atoms with Gasteiger partial charge >= 0.3 is 5.97 Å². The molecule has 7 nitrogen and oxygen atoms in total. The lowest BCUT2D eigenvalue weighted by Crippen LogP contribution is -2.33. The highest BCUT2D eigenvalue weighted by atomic mass is 19.2. The summed E-state index contributed by atoms with van der Waals surface area (Å²) in [5, 5.41) is 4.53. The fourth-order valence-electron chi connectivity index (χ4n) is 3.83. The molecule has 9 heteroatoms. The number of imide groups is 1. The van der Waals surface area contributed by atoms with Gasteiger partial charge in [0.05, 0.1) is 11.1 Å². The van der Waals surface area contributed by atoms with E-state index in [4.69, 9.17) is 4.84 Å². The van der Waals surface area contributed by atoms with E-state index in [9.17, 15) is 23.2 Å². The minimum absolute atomic E-state index is 0.132. The van der Waals surface area contributed by atoms with E-state index in [-0.39, 0.29) is 22.5 Å². The van der Waals surface area contributed by atoms with Crippen molar-refractivity contribution < 1.29 is 28.0 Å². The van der Waals surface area contributed by atoms with Crippen LogP contribution in [0.4, 0.5) is 8.78 Å². The number of amides is 2. The fraction of sp³-hybridized carbons (Fsp3) is 0.143. The van der Waals surface area contributed by atoms with E-state index in [2.05, 4.69) is 5.10 Å². The average Bonchev–Trinajstić information content (AvgIpc) is 3.41. The molecule has 0 atom stereocenters. The molecule has 0 N–H and O–H groups in total. The SMILES string of the molecule is O=C(ON1C(=O)c2ccccc2C1=O)c1nn(-c2cccc(F)c2F)c2c1CCC2. The van der Waals surface area contributed by atoms with Crippen molar-refractivity contribution in [3.8, 4) is 5.69 Å². The van der Waals surface area contributed by atoms with E-state index in [0.29, 0.717) is 35.6 Å². The van der Waals surface area contributed by atoms with Gasteiger partial charge in [0, 0.05) is 11.3 Å². The van der Waals surface area contributed by atoms with Crippen molar-refractivity contribution in [3.05, 3.63) is 82.2 Å². The molecule has 1 aliphatic carbocycles. The summed E-state index contributed by atoms with van der Waals surface area (Å²) in [7, 11) is 0. The number of benzene rings is 2. The van der Waals surface area contributed by atoms with Gasteiger partial charge in [0.1, 0.15) is 5.69 Å². The smallest absolute Gasteiger partial charge is 0.322 e. The third kappa shape index (κ3) is 2.55. The highest BCUT2D eigenvalue weighted by Gasteiger charge is 2.40. The molecular weight excluding hydrogens is 396 g/mol. The van der Waals surface area contributed by atoms with Crippen molar-refractivity contribution in [3.63, 3.8) is 0 Å². The van der Waals surface area contributed by atoms with Crippen LogP contribution in [0.25, 0.3) is 5.69 Å². The summed E-state index contributed by atoms with van der Waals surface area (Å²) >= 11 is 0. The van der Waals surface area contributed by atoms with E-state index < -0.39 is 29.4 Å². The third-order valence-corrected chi connectivity index (χ3v) is 5.21. The van der Waals surface area contributed by atoms with Crippen LogP contribution < -0.4 is 0 Å². The first kappa shape index (κ1) is 18.2. The summed E-state index contributed by atoms with van der Waals surface area (Å²) in [6.45, 7) is 0. The normalized spacial score (nSPS) is 14.8. The van der Waals surface area contributed by atoms with Crippen LogP contribution in [0.5, 0.6) is 0 Å². The number of carbonyl (C=O) groups excluding carboxylic acids is 3. The van der Waals surface area contributed by atoms with E-state index in [1.165, 1.54) is 28.9 Å². The van der Waals surface area contributed by atoms with E-state index in [1.807, 2.05) is 0 Å². The Morgan fingerprint density at radius 1 is 0.967 bits per heavy atom. The van der Waals surface area contributed by atoms with Crippen LogP contribution >= 0.6 is 0 Å². The summed E-state index contributed by atoms with van der Waals surface area (Å²) < 4.78 is 29.2. The maximum atomic E-state index is 14.3. The standard InChI is InChI=1S/C21H13F2N3O4/c22-14-8-4-10-16(17(14)23)25-15-9-3-7-13(15)18(24-25)21(29)30-26-19(27)11-5-1-2-6-12(11)20(26)28/h1-2,4-6,8,10H,3,7,9H2. The Kier molecular flexibility index (Phi) is 3.99. The lowest BCUT2D eigenvalue weighted by molar-refractivity contribution is -0.0589. The molecular formula is C21H13F2N3O4. The molecule has 0 spiro atoms. The summed E-state index contributed by atoms with van der Waals surface area (Å²) in [6.07, 6.45) is 1.69. The van der Waals surface area contributed by atoms with Crippen molar-refractivity contribution in [1.29, 1.82) is 0 Å². The van der Waals surface area contributed by atoms with E-state index >= 15 is 0 Å². The largest absolute Gasteiger partial charge is 0.384 e. The topological polar surface area (TPSA) is 81.5 Å². The molecule has 0 bridgehead atoms. The van der Waals surface area contributed by atoms with Gasteiger partial charge in [-0.1, -0.05) is 23.3 Å².